The van der Waals surface area contributed by atoms with Gasteiger partial charge in [-0.2, -0.15) is 0 Å². The van der Waals surface area contributed by atoms with Gasteiger partial charge < -0.3 is 5.32 Å². The van der Waals surface area contributed by atoms with E-state index in [9.17, 15) is 0 Å². The van der Waals surface area contributed by atoms with Crippen LogP contribution in [0.25, 0.3) is 0 Å². The Balaban J connectivity index is 1.85. The number of hydrogen-bond donors (Lipinski definition) is 1. The molecule has 2 heteroatoms. The van der Waals surface area contributed by atoms with Crippen LogP contribution in [0.15, 0.2) is 18.2 Å². The molecule has 4 unspecified atom stereocenters. The van der Waals surface area contributed by atoms with Crippen molar-refractivity contribution >= 4 is 11.6 Å². The minimum atomic E-state index is 0.271. The van der Waals surface area contributed by atoms with Gasteiger partial charge in [0.2, 0.25) is 0 Å². The molecular weight excluding hydrogens is 278 g/mol. The topological polar surface area (TPSA) is 12.0 Å². The molecule has 4 atom stereocenters. The zero-order valence-corrected chi connectivity index (χ0v) is 14.5. The van der Waals surface area contributed by atoms with E-state index >= 15 is 0 Å². The predicted octanol–water partition coefficient (Wildman–Crippen LogP) is 5.38. The second-order valence-corrected chi connectivity index (χ2v) is 8.42. The van der Waals surface area contributed by atoms with Crippen molar-refractivity contribution in [3.05, 3.63) is 34.3 Å². The van der Waals surface area contributed by atoms with E-state index in [1.54, 1.807) is 0 Å². The van der Waals surface area contributed by atoms with Crippen LogP contribution in [0.5, 0.6) is 0 Å². The van der Waals surface area contributed by atoms with Gasteiger partial charge in [0.25, 0.3) is 0 Å². The molecule has 1 saturated carbocycles. The molecule has 1 aromatic rings. The summed E-state index contributed by atoms with van der Waals surface area (Å²) in [4.78, 5) is 0. The molecule has 1 fully saturated rings. The molecule has 0 heterocycles. The Kier molecular flexibility index (Phi) is 4.09. The summed E-state index contributed by atoms with van der Waals surface area (Å²) >= 11 is 6.25. The van der Waals surface area contributed by atoms with Crippen LogP contribution < -0.4 is 5.32 Å². The van der Waals surface area contributed by atoms with Gasteiger partial charge in [0.15, 0.2) is 0 Å². The van der Waals surface area contributed by atoms with Crippen LogP contribution in [0.1, 0.15) is 64.1 Å². The molecule has 1 nitrogen and oxygen atoms in total. The first kappa shape index (κ1) is 15.4. The largest absolute Gasteiger partial charge is 0.306 e. The highest BCUT2D eigenvalue weighted by Gasteiger charge is 2.41. The monoisotopic (exact) mass is 305 g/mol. The van der Waals surface area contributed by atoms with Gasteiger partial charge in [-0.15, -0.1) is 0 Å². The zero-order chi connectivity index (χ0) is 15.2. The van der Waals surface area contributed by atoms with Crippen LogP contribution >= 0.6 is 11.6 Å². The SMILES string of the molecule is CC1CCCC(NC2c3cc(Cl)ccc3CC2(C)C)C1C. The van der Waals surface area contributed by atoms with Crippen LogP contribution in [-0.4, -0.2) is 6.04 Å². The summed E-state index contributed by atoms with van der Waals surface area (Å²) in [6.45, 7) is 9.59. The summed E-state index contributed by atoms with van der Waals surface area (Å²) in [5.41, 5.74) is 3.17. The van der Waals surface area contributed by atoms with Crippen LogP contribution in [0.2, 0.25) is 5.02 Å². The molecule has 0 radical (unpaired) electrons. The summed E-state index contributed by atoms with van der Waals surface area (Å²) < 4.78 is 0. The Morgan fingerprint density at radius 3 is 2.71 bits per heavy atom. The van der Waals surface area contributed by atoms with Crippen LogP contribution in [0.3, 0.4) is 0 Å². The Morgan fingerprint density at radius 2 is 1.95 bits per heavy atom. The fourth-order valence-electron chi connectivity index (χ4n) is 4.36. The standard InChI is InChI=1S/C19H28ClN/c1-12-6-5-7-17(13(12)2)21-18-16-10-15(20)9-8-14(16)11-19(18,3)4/h8-10,12-13,17-18,21H,5-7,11H2,1-4H3. The third-order valence-corrected chi connectivity index (χ3v) is 6.17. The number of rotatable bonds is 2. The molecule has 0 saturated heterocycles. The maximum Gasteiger partial charge on any atom is 0.0409 e. The number of nitrogens with one attached hydrogen (secondary N) is 1. The van der Waals surface area contributed by atoms with E-state index in [0.717, 1.165) is 23.3 Å². The van der Waals surface area contributed by atoms with Crippen molar-refractivity contribution in [2.45, 2.75) is 65.5 Å². The molecule has 1 aromatic carbocycles. The number of benzene rings is 1. The molecule has 1 N–H and O–H groups in total. The van der Waals surface area contributed by atoms with Crippen molar-refractivity contribution in [3.63, 3.8) is 0 Å². The van der Waals surface area contributed by atoms with E-state index in [1.807, 2.05) is 6.07 Å². The van der Waals surface area contributed by atoms with Gasteiger partial charge in [-0.25, -0.2) is 0 Å². The van der Waals surface area contributed by atoms with E-state index in [-0.39, 0.29) is 5.41 Å². The Bertz CT molecular complexity index is 522. The van der Waals surface area contributed by atoms with Crippen molar-refractivity contribution in [1.29, 1.82) is 0 Å². The highest BCUT2D eigenvalue weighted by molar-refractivity contribution is 6.30. The predicted molar refractivity (Wildman–Crippen MR) is 90.8 cm³/mol. The Labute approximate surface area is 134 Å². The second-order valence-electron chi connectivity index (χ2n) is 7.98. The number of halogens is 1. The maximum absolute atomic E-state index is 6.25. The smallest absolute Gasteiger partial charge is 0.0409 e. The first-order valence-electron chi connectivity index (χ1n) is 8.43. The molecule has 0 spiro atoms. The lowest BCUT2D eigenvalue weighted by Crippen LogP contribution is -2.45. The van der Waals surface area contributed by atoms with Crippen LogP contribution in [0.4, 0.5) is 0 Å². The van der Waals surface area contributed by atoms with Gasteiger partial charge in [-0.3, -0.25) is 0 Å². The maximum atomic E-state index is 6.25. The summed E-state index contributed by atoms with van der Waals surface area (Å²) in [5.74, 6) is 1.59. The van der Waals surface area contributed by atoms with Gasteiger partial charge in [-0.1, -0.05) is 58.2 Å². The van der Waals surface area contributed by atoms with Gasteiger partial charge in [0.05, 0.1) is 0 Å². The van der Waals surface area contributed by atoms with E-state index in [2.05, 4.69) is 45.1 Å². The highest BCUT2D eigenvalue weighted by atomic mass is 35.5. The van der Waals surface area contributed by atoms with E-state index in [1.165, 1.54) is 30.4 Å². The lowest BCUT2D eigenvalue weighted by molar-refractivity contribution is 0.158. The second kappa shape index (κ2) is 5.59. The molecular formula is C19H28ClN. The van der Waals surface area contributed by atoms with Gasteiger partial charge in [0.1, 0.15) is 0 Å². The lowest BCUT2D eigenvalue weighted by Gasteiger charge is -2.40. The fourth-order valence-corrected chi connectivity index (χ4v) is 4.54. The van der Waals surface area contributed by atoms with E-state index < -0.39 is 0 Å². The minimum absolute atomic E-state index is 0.271. The van der Waals surface area contributed by atoms with Gasteiger partial charge in [0, 0.05) is 17.1 Å². The third kappa shape index (κ3) is 2.87. The Morgan fingerprint density at radius 1 is 1.19 bits per heavy atom. The first-order valence-corrected chi connectivity index (χ1v) is 8.80. The first-order chi connectivity index (χ1) is 9.88. The molecule has 0 aliphatic heterocycles. The zero-order valence-electron chi connectivity index (χ0n) is 13.7. The summed E-state index contributed by atoms with van der Waals surface area (Å²) in [7, 11) is 0. The van der Waals surface area contributed by atoms with Gasteiger partial charge >= 0.3 is 0 Å². The van der Waals surface area contributed by atoms with E-state index in [0.29, 0.717) is 12.1 Å². The van der Waals surface area contributed by atoms with Gasteiger partial charge in [-0.05, 0) is 53.4 Å². The molecule has 0 amide bonds. The Hall–Kier alpha value is -0.530. The molecule has 2 aliphatic rings. The molecule has 116 valence electrons. The molecule has 2 aliphatic carbocycles. The molecule has 3 rings (SSSR count). The highest BCUT2D eigenvalue weighted by Crippen LogP contribution is 2.47. The van der Waals surface area contributed by atoms with Crippen molar-refractivity contribution < 1.29 is 0 Å². The molecule has 0 aromatic heterocycles. The quantitative estimate of drug-likeness (QED) is 0.773. The van der Waals surface area contributed by atoms with E-state index in [4.69, 9.17) is 11.6 Å². The van der Waals surface area contributed by atoms with Crippen molar-refractivity contribution in [3.8, 4) is 0 Å². The number of hydrogen-bond acceptors (Lipinski definition) is 1. The number of fused-ring (bicyclic) bond motifs is 1. The third-order valence-electron chi connectivity index (χ3n) is 5.93. The fraction of sp³-hybridized carbons (Fsp3) is 0.684. The summed E-state index contributed by atoms with van der Waals surface area (Å²) in [5, 5.41) is 4.88. The normalized spacial score (nSPS) is 34.7. The average Bonchev–Trinajstić information content (AvgIpc) is 2.66. The summed E-state index contributed by atoms with van der Waals surface area (Å²) in [6.07, 6.45) is 5.20. The van der Waals surface area contributed by atoms with Crippen LogP contribution in [0, 0.1) is 17.3 Å². The molecule has 0 bridgehead atoms. The van der Waals surface area contributed by atoms with Crippen molar-refractivity contribution in [2.75, 3.05) is 0 Å². The van der Waals surface area contributed by atoms with Crippen molar-refractivity contribution in [1.82, 2.24) is 5.32 Å². The average molecular weight is 306 g/mol. The lowest BCUT2D eigenvalue weighted by atomic mass is 9.76. The van der Waals surface area contributed by atoms with Crippen LogP contribution in [-0.2, 0) is 6.42 Å². The molecule has 21 heavy (non-hydrogen) atoms. The summed E-state index contributed by atoms with van der Waals surface area (Å²) in [6, 6.07) is 7.50. The minimum Gasteiger partial charge on any atom is -0.306 e. The van der Waals surface area contributed by atoms with Crippen molar-refractivity contribution in [2.24, 2.45) is 17.3 Å².